The molecule has 0 fully saturated rings. The van der Waals surface area contributed by atoms with Gasteiger partial charge in [0.2, 0.25) is 5.16 Å². The maximum atomic E-state index is 10.5. The van der Waals surface area contributed by atoms with E-state index in [1.54, 1.807) is 12.1 Å². The van der Waals surface area contributed by atoms with Crippen LogP contribution in [-0.2, 0) is 12.2 Å². The van der Waals surface area contributed by atoms with Gasteiger partial charge >= 0.3 is 0 Å². The molecule has 100 valence electrons. The van der Waals surface area contributed by atoms with E-state index in [9.17, 15) is 10.1 Å². The number of nitrogen functional groups attached to an aromatic ring is 1. The topological polar surface area (TPSA) is 99.9 Å². The van der Waals surface area contributed by atoms with Crippen LogP contribution in [0.2, 0.25) is 0 Å². The van der Waals surface area contributed by atoms with Crippen LogP contribution in [-0.4, -0.2) is 19.8 Å². The van der Waals surface area contributed by atoms with Crippen LogP contribution in [0.25, 0.3) is 0 Å². The van der Waals surface area contributed by atoms with E-state index in [0.29, 0.717) is 10.9 Å². The Kier molecular flexibility index (Phi) is 4.00. The van der Waals surface area contributed by atoms with E-state index in [2.05, 4.69) is 10.2 Å². The molecule has 0 saturated carbocycles. The maximum absolute atomic E-state index is 10.5. The van der Waals surface area contributed by atoms with E-state index in [1.165, 1.54) is 28.6 Å². The second-order valence-electron chi connectivity index (χ2n) is 3.83. The van der Waals surface area contributed by atoms with Crippen molar-refractivity contribution in [3.63, 3.8) is 0 Å². The van der Waals surface area contributed by atoms with Crippen molar-refractivity contribution < 1.29 is 4.92 Å². The lowest BCUT2D eigenvalue weighted by molar-refractivity contribution is -0.384. The van der Waals surface area contributed by atoms with Crippen LogP contribution < -0.4 is 5.84 Å². The van der Waals surface area contributed by atoms with Crippen molar-refractivity contribution in [2.24, 2.45) is 0 Å². The van der Waals surface area contributed by atoms with Crippen molar-refractivity contribution >= 4 is 17.4 Å². The summed E-state index contributed by atoms with van der Waals surface area (Å²) in [5.74, 6) is 7.19. The third kappa shape index (κ3) is 3.02. The molecular weight excluding hydrogens is 266 g/mol. The number of nitrogens with two attached hydrogens (primary N) is 1. The van der Waals surface area contributed by atoms with Crippen LogP contribution in [0.1, 0.15) is 18.3 Å². The van der Waals surface area contributed by atoms with Gasteiger partial charge in [0, 0.05) is 24.3 Å². The Bertz CT molecular complexity index is 581. The summed E-state index contributed by atoms with van der Waals surface area (Å²) in [5, 5.41) is 19.1. The van der Waals surface area contributed by atoms with Gasteiger partial charge in [-0.05, 0) is 5.56 Å². The van der Waals surface area contributed by atoms with Crippen molar-refractivity contribution in [3.05, 3.63) is 45.8 Å². The van der Waals surface area contributed by atoms with E-state index >= 15 is 0 Å². The molecule has 0 radical (unpaired) electrons. The minimum absolute atomic E-state index is 0.0870. The zero-order chi connectivity index (χ0) is 13.8. The number of nitro groups is 1. The average Bonchev–Trinajstić information content (AvgIpc) is 2.77. The molecule has 1 heterocycles. The number of hydrogen-bond donors (Lipinski definition) is 1. The monoisotopic (exact) mass is 279 g/mol. The van der Waals surface area contributed by atoms with Crippen LogP contribution in [0.3, 0.4) is 0 Å². The summed E-state index contributed by atoms with van der Waals surface area (Å²) in [6.45, 7) is 1.96. The van der Waals surface area contributed by atoms with E-state index in [4.69, 9.17) is 5.84 Å². The van der Waals surface area contributed by atoms with Crippen molar-refractivity contribution in [2.75, 3.05) is 5.84 Å². The standard InChI is InChI=1S/C11H13N5O2S/c1-2-10-13-14-11(15(10)12)19-7-8-3-5-9(6-4-8)16(17)18/h3-6H,2,7,12H2,1H3. The lowest BCUT2D eigenvalue weighted by Gasteiger charge is -2.02. The maximum Gasteiger partial charge on any atom is 0.269 e. The van der Waals surface area contributed by atoms with Crippen molar-refractivity contribution in [2.45, 2.75) is 24.3 Å². The lowest BCUT2D eigenvalue weighted by Crippen LogP contribution is -2.13. The average molecular weight is 279 g/mol. The quantitative estimate of drug-likeness (QED) is 0.387. The van der Waals surface area contributed by atoms with Gasteiger partial charge in [0.1, 0.15) is 0 Å². The molecular formula is C11H13N5O2S. The fourth-order valence-corrected chi connectivity index (χ4v) is 2.34. The predicted molar refractivity (Wildman–Crippen MR) is 72.2 cm³/mol. The van der Waals surface area contributed by atoms with Crippen molar-refractivity contribution in [1.82, 2.24) is 14.9 Å². The number of nitrogens with zero attached hydrogens (tertiary/aromatic N) is 4. The smallest absolute Gasteiger partial charge is 0.269 e. The zero-order valence-corrected chi connectivity index (χ0v) is 11.1. The largest absolute Gasteiger partial charge is 0.336 e. The molecule has 2 aromatic rings. The summed E-state index contributed by atoms with van der Waals surface area (Å²) < 4.78 is 1.47. The number of nitro benzene ring substituents is 1. The number of benzene rings is 1. The summed E-state index contributed by atoms with van der Waals surface area (Å²) in [6, 6.07) is 6.42. The number of rotatable bonds is 5. The summed E-state index contributed by atoms with van der Waals surface area (Å²) in [7, 11) is 0. The van der Waals surface area contributed by atoms with Gasteiger partial charge in [-0.1, -0.05) is 30.8 Å². The predicted octanol–water partition coefficient (Wildman–Crippen LogP) is 1.75. The Labute approximate surface area is 113 Å². The SMILES string of the molecule is CCc1nnc(SCc2ccc([N+](=O)[O-])cc2)n1N. The van der Waals surface area contributed by atoms with Crippen LogP contribution in [0.4, 0.5) is 5.69 Å². The third-order valence-corrected chi connectivity index (χ3v) is 3.58. The lowest BCUT2D eigenvalue weighted by atomic mass is 10.2. The molecule has 0 saturated heterocycles. The molecule has 0 amide bonds. The summed E-state index contributed by atoms with van der Waals surface area (Å²) >= 11 is 1.45. The Morgan fingerprint density at radius 2 is 2.05 bits per heavy atom. The van der Waals surface area contributed by atoms with Gasteiger partial charge in [-0.25, -0.2) is 4.68 Å². The second-order valence-corrected chi connectivity index (χ2v) is 4.78. The molecule has 1 aromatic carbocycles. The summed E-state index contributed by atoms with van der Waals surface area (Å²) in [5.41, 5.74) is 1.06. The highest BCUT2D eigenvalue weighted by Gasteiger charge is 2.09. The fraction of sp³-hybridized carbons (Fsp3) is 0.273. The Morgan fingerprint density at radius 3 is 2.58 bits per heavy atom. The molecule has 0 aliphatic carbocycles. The van der Waals surface area contributed by atoms with Gasteiger partial charge in [-0.2, -0.15) is 0 Å². The minimum Gasteiger partial charge on any atom is -0.336 e. The molecule has 0 unspecified atom stereocenters. The van der Waals surface area contributed by atoms with Gasteiger partial charge < -0.3 is 5.84 Å². The molecule has 0 atom stereocenters. The van der Waals surface area contributed by atoms with Gasteiger partial charge in [0.15, 0.2) is 5.82 Å². The highest BCUT2D eigenvalue weighted by molar-refractivity contribution is 7.98. The molecule has 0 spiro atoms. The van der Waals surface area contributed by atoms with E-state index in [0.717, 1.165) is 17.8 Å². The van der Waals surface area contributed by atoms with Crippen LogP contribution in [0, 0.1) is 10.1 Å². The highest BCUT2D eigenvalue weighted by atomic mass is 32.2. The zero-order valence-electron chi connectivity index (χ0n) is 10.3. The first-order chi connectivity index (χ1) is 9.11. The molecule has 7 nitrogen and oxygen atoms in total. The molecule has 2 rings (SSSR count). The normalized spacial score (nSPS) is 10.6. The first-order valence-electron chi connectivity index (χ1n) is 5.67. The molecule has 0 aliphatic heterocycles. The molecule has 8 heteroatoms. The number of non-ortho nitro benzene ring substituents is 1. The van der Waals surface area contributed by atoms with Crippen LogP contribution >= 0.6 is 11.8 Å². The van der Waals surface area contributed by atoms with E-state index in [-0.39, 0.29) is 5.69 Å². The first kappa shape index (κ1) is 13.3. The van der Waals surface area contributed by atoms with Gasteiger partial charge in [-0.3, -0.25) is 10.1 Å². The molecule has 1 aromatic heterocycles. The Balaban J connectivity index is 2.02. The highest BCUT2D eigenvalue weighted by Crippen LogP contribution is 2.22. The molecule has 19 heavy (non-hydrogen) atoms. The third-order valence-electron chi connectivity index (χ3n) is 2.57. The van der Waals surface area contributed by atoms with Crippen LogP contribution in [0.15, 0.2) is 29.4 Å². The number of aromatic nitrogens is 3. The van der Waals surface area contributed by atoms with Crippen LogP contribution in [0.5, 0.6) is 0 Å². The van der Waals surface area contributed by atoms with Gasteiger partial charge in [-0.15, -0.1) is 10.2 Å². The molecule has 0 bridgehead atoms. The Morgan fingerprint density at radius 1 is 1.37 bits per heavy atom. The fourth-order valence-electron chi connectivity index (χ4n) is 1.51. The van der Waals surface area contributed by atoms with Crippen molar-refractivity contribution in [1.29, 1.82) is 0 Å². The van der Waals surface area contributed by atoms with E-state index < -0.39 is 4.92 Å². The van der Waals surface area contributed by atoms with E-state index in [1.807, 2.05) is 6.92 Å². The minimum atomic E-state index is -0.416. The molecule has 0 aliphatic rings. The van der Waals surface area contributed by atoms with Gasteiger partial charge in [0.25, 0.3) is 5.69 Å². The van der Waals surface area contributed by atoms with Gasteiger partial charge in [0.05, 0.1) is 4.92 Å². The number of hydrogen-bond acceptors (Lipinski definition) is 6. The first-order valence-corrected chi connectivity index (χ1v) is 6.66. The van der Waals surface area contributed by atoms with Crippen molar-refractivity contribution in [3.8, 4) is 0 Å². The number of aryl methyl sites for hydroxylation is 1. The second kappa shape index (κ2) is 5.70. The molecule has 2 N–H and O–H groups in total. The summed E-state index contributed by atoms with van der Waals surface area (Å²) in [4.78, 5) is 10.1. The summed E-state index contributed by atoms with van der Waals surface area (Å²) in [6.07, 6.45) is 0.724. The Hall–Kier alpha value is -2.09. The number of thioether (sulfide) groups is 1.